The van der Waals surface area contributed by atoms with Crippen molar-refractivity contribution in [1.29, 1.82) is 0 Å². The van der Waals surface area contributed by atoms with E-state index in [1.165, 1.54) is 22.3 Å². The fourth-order valence-corrected chi connectivity index (χ4v) is 4.46. The Bertz CT molecular complexity index is 1240. The molecular weight excluding hydrogens is 421 g/mol. The van der Waals surface area contributed by atoms with Gasteiger partial charge in [0.25, 0.3) is 0 Å². The zero-order valence-electron chi connectivity index (χ0n) is 17.0. The van der Waals surface area contributed by atoms with Crippen molar-refractivity contribution >= 4 is 34.9 Å². The van der Waals surface area contributed by atoms with E-state index in [0.29, 0.717) is 0 Å². The summed E-state index contributed by atoms with van der Waals surface area (Å²) in [6, 6.07) is 28.7. The monoisotopic (exact) mass is 441 g/mol. The second-order valence-corrected chi connectivity index (χ2v) is 8.70. The lowest BCUT2D eigenvalue weighted by Crippen LogP contribution is -2.08. The van der Waals surface area contributed by atoms with Gasteiger partial charge in [0.15, 0.2) is 0 Å². The van der Waals surface area contributed by atoms with Gasteiger partial charge >= 0.3 is 0 Å². The Morgan fingerprint density at radius 3 is 2.10 bits per heavy atom. The topological polar surface area (TPSA) is 12.9 Å². The van der Waals surface area contributed by atoms with Crippen LogP contribution in [0.15, 0.2) is 84.9 Å². The molecule has 3 aromatic carbocycles. The number of halogens is 2. The van der Waals surface area contributed by atoms with Gasteiger partial charge in [0.05, 0.1) is 11.4 Å². The second kappa shape index (κ2) is 8.70. The van der Waals surface area contributed by atoms with E-state index in [-0.39, 0.29) is 0 Å². The maximum absolute atomic E-state index is 6.16. The van der Waals surface area contributed by atoms with Crippen molar-refractivity contribution in [3.63, 3.8) is 0 Å². The van der Waals surface area contributed by atoms with E-state index in [1.54, 1.807) is 0 Å². The van der Waals surface area contributed by atoms with Crippen LogP contribution in [0.1, 0.15) is 29.7 Å². The SMILES string of the molecule is Clc1ccc(/C=C2/CCCc3c(-c4ccc(Cl)cc4)cc(-c4ccccc4)nc32)cc1. The first-order valence-corrected chi connectivity index (χ1v) is 11.2. The van der Waals surface area contributed by atoms with E-state index in [4.69, 9.17) is 28.2 Å². The molecule has 0 atom stereocenters. The average molecular weight is 442 g/mol. The summed E-state index contributed by atoms with van der Waals surface area (Å²) in [6.07, 6.45) is 5.40. The molecule has 0 bridgehead atoms. The molecule has 1 aromatic heterocycles. The Kier molecular flexibility index (Phi) is 5.63. The van der Waals surface area contributed by atoms with Crippen LogP contribution in [0.4, 0.5) is 0 Å². The maximum Gasteiger partial charge on any atom is 0.0715 e. The second-order valence-electron chi connectivity index (χ2n) is 7.83. The molecule has 0 radical (unpaired) electrons. The van der Waals surface area contributed by atoms with Crippen molar-refractivity contribution in [2.24, 2.45) is 0 Å². The minimum atomic E-state index is 0.748. The van der Waals surface area contributed by atoms with Crippen molar-refractivity contribution in [1.82, 2.24) is 4.98 Å². The fourth-order valence-electron chi connectivity index (χ4n) is 4.21. The summed E-state index contributed by atoms with van der Waals surface area (Å²) in [5, 5.41) is 1.50. The molecule has 3 heteroatoms. The number of hydrogen-bond donors (Lipinski definition) is 0. The summed E-state index contributed by atoms with van der Waals surface area (Å²) in [5.74, 6) is 0. The molecule has 1 heterocycles. The third-order valence-electron chi connectivity index (χ3n) is 5.74. The quantitative estimate of drug-likeness (QED) is 0.310. The number of hydrogen-bond acceptors (Lipinski definition) is 1. The Morgan fingerprint density at radius 2 is 1.39 bits per heavy atom. The van der Waals surface area contributed by atoms with Crippen LogP contribution >= 0.6 is 23.2 Å². The normalized spacial score (nSPS) is 14.5. The van der Waals surface area contributed by atoms with E-state index in [2.05, 4.69) is 60.7 Å². The summed E-state index contributed by atoms with van der Waals surface area (Å²) >= 11 is 12.2. The van der Waals surface area contributed by atoms with Gasteiger partial charge in [-0.1, -0.05) is 77.8 Å². The highest BCUT2D eigenvalue weighted by Crippen LogP contribution is 2.39. The minimum Gasteiger partial charge on any atom is -0.248 e. The third-order valence-corrected chi connectivity index (χ3v) is 6.24. The summed E-state index contributed by atoms with van der Waals surface area (Å²) in [6.45, 7) is 0. The van der Waals surface area contributed by atoms with Crippen LogP contribution in [-0.2, 0) is 6.42 Å². The number of benzene rings is 3. The summed E-state index contributed by atoms with van der Waals surface area (Å²) in [5.41, 5.74) is 9.37. The molecule has 0 saturated heterocycles. The molecule has 0 fully saturated rings. The lowest BCUT2D eigenvalue weighted by molar-refractivity contribution is 0.813. The average Bonchev–Trinajstić information content (AvgIpc) is 2.81. The fraction of sp³-hybridized carbons (Fsp3) is 0.107. The Balaban J connectivity index is 1.71. The summed E-state index contributed by atoms with van der Waals surface area (Å²) in [4.78, 5) is 5.16. The highest BCUT2D eigenvalue weighted by Gasteiger charge is 2.21. The van der Waals surface area contributed by atoms with Crippen molar-refractivity contribution in [3.8, 4) is 22.4 Å². The van der Waals surface area contributed by atoms with E-state index < -0.39 is 0 Å². The molecule has 1 nitrogen and oxygen atoms in total. The molecule has 4 aromatic rings. The number of rotatable bonds is 3. The first-order chi connectivity index (χ1) is 15.2. The molecule has 0 amide bonds. The van der Waals surface area contributed by atoms with Gasteiger partial charge in [-0.05, 0) is 83.5 Å². The summed E-state index contributed by atoms with van der Waals surface area (Å²) in [7, 11) is 0. The molecule has 1 aliphatic rings. The van der Waals surface area contributed by atoms with Gasteiger partial charge in [0, 0.05) is 15.6 Å². The predicted molar refractivity (Wildman–Crippen MR) is 132 cm³/mol. The van der Waals surface area contributed by atoms with Crippen LogP contribution in [0.25, 0.3) is 34.0 Å². The zero-order chi connectivity index (χ0) is 21.2. The standard InChI is InChI=1S/C28H21Cl2N/c29-23-13-9-19(10-14-23)17-22-7-4-8-25-26(20-11-15-24(30)16-12-20)18-27(31-28(22)25)21-5-2-1-3-6-21/h1-3,5-6,9-18H,4,7-8H2/b22-17-. The van der Waals surface area contributed by atoms with Gasteiger partial charge in [-0.25, -0.2) is 4.98 Å². The van der Waals surface area contributed by atoms with Crippen LogP contribution in [-0.4, -0.2) is 4.98 Å². The lowest BCUT2D eigenvalue weighted by atomic mass is 9.84. The Hall–Kier alpha value is -2.87. The Labute approximate surface area is 193 Å². The number of aromatic nitrogens is 1. The molecule has 0 spiro atoms. The van der Waals surface area contributed by atoms with Crippen LogP contribution < -0.4 is 0 Å². The van der Waals surface area contributed by atoms with Gasteiger partial charge in [-0.2, -0.15) is 0 Å². The van der Waals surface area contributed by atoms with Crippen LogP contribution in [0, 0.1) is 0 Å². The van der Waals surface area contributed by atoms with Crippen molar-refractivity contribution < 1.29 is 0 Å². The molecular formula is C28H21Cl2N. The van der Waals surface area contributed by atoms with Crippen LogP contribution in [0.3, 0.4) is 0 Å². The number of pyridine rings is 1. The van der Waals surface area contributed by atoms with E-state index in [1.807, 2.05) is 30.3 Å². The highest BCUT2D eigenvalue weighted by molar-refractivity contribution is 6.30. The number of fused-ring (bicyclic) bond motifs is 1. The first kappa shape index (κ1) is 20.1. The van der Waals surface area contributed by atoms with Gasteiger partial charge in [0.2, 0.25) is 0 Å². The zero-order valence-corrected chi connectivity index (χ0v) is 18.5. The maximum atomic E-state index is 6.16. The number of allylic oxidation sites excluding steroid dienone is 1. The van der Waals surface area contributed by atoms with E-state index in [9.17, 15) is 0 Å². The predicted octanol–water partition coefficient (Wildman–Crippen LogP) is 8.60. The van der Waals surface area contributed by atoms with Crippen LogP contribution in [0.2, 0.25) is 10.0 Å². The van der Waals surface area contributed by atoms with Gasteiger partial charge in [-0.3, -0.25) is 0 Å². The van der Waals surface area contributed by atoms with Crippen molar-refractivity contribution in [2.45, 2.75) is 19.3 Å². The van der Waals surface area contributed by atoms with Crippen molar-refractivity contribution in [3.05, 3.63) is 112 Å². The molecule has 0 N–H and O–H groups in total. The molecule has 5 rings (SSSR count). The molecule has 0 unspecified atom stereocenters. The van der Waals surface area contributed by atoms with E-state index in [0.717, 1.165) is 51.8 Å². The molecule has 0 aliphatic heterocycles. The van der Waals surface area contributed by atoms with Crippen molar-refractivity contribution in [2.75, 3.05) is 0 Å². The lowest BCUT2D eigenvalue weighted by Gasteiger charge is -2.23. The summed E-state index contributed by atoms with van der Waals surface area (Å²) < 4.78 is 0. The smallest absolute Gasteiger partial charge is 0.0715 e. The van der Waals surface area contributed by atoms with Gasteiger partial charge in [-0.15, -0.1) is 0 Å². The van der Waals surface area contributed by atoms with E-state index >= 15 is 0 Å². The third kappa shape index (κ3) is 4.30. The molecule has 152 valence electrons. The largest absolute Gasteiger partial charge is 0.248 e. The first-order valence-electron chi connectivity index (χ1n) is 10.5. The minimum absolute atomic E-state index is 0.748. The highest BCUT2D eigenvalue weighted by atomic mass is 35.5. The van der Waals surface area contributed by atoms with Gasteiger partial charge < -0.3 is 0 Å². The van der Waals surface area contributed by atoms with Gasteiger partial charge in [0.1, 0.15) is 0 Å². The number of nitrogens with zero attached hydrogens (tertiary/aromatic N) is 1. The molecule has 31 heavy (non-hydrogen) atoms. The Morgan fingerprint density at radius 1 is 0.710 bits per heavy atom. The van der Waals surface area contributed by atoms with Crippen LogP contribution in [0.5, 0.6) is 0 Å². The molecule has 1 aliphatic carbocycles. The molecule has 0 saturated carbocycles.